The van der Waals surface area contributed by atoms with E-state index < -0.39 is 21.7 Å². The fourth-order valence-corrected chi connectivity index (χ4v) is 3.95. The molecule has 0 atom stereocenters. The van der Waals surface area contributed by atoms with Gasteiger partial charge in [-0.2, -0.15) is 0 Å². The number of methoxy groups -OCH3 is 1. The highest BCUT2D eigenvalue weighted by atomic mass is 35.5. The van der Waals surface area contributed by atoms with Crippen LogP contribution in [0.5, 0.6) is 5.75 Å². The van der Waals surface area contributed by atoms with Gasteiger partial charge in [-0.25, -0.2) is 8.42 Å². The van der Waals surface area contributed by atoms with Crippen LogP contribution in [0.3, 0.4) is 0 Å². The molecule has 0 saturated heterocycles. The van der Waals surface area contributed by atoms with Gasteiger partial charge < -0.3 is 15.0 Å². The van der Waals surface area contributed by atoms with Crippen molar-refractivity contribution in [1.82, 2.24) is 4.90 Å². The van der Waals surface area contributed by atoms with Gasteiger partial charge in [0.2, 0.25) is 11.8 Å². The molecule has 2 aromatic carbocycles. The molecule has 2 rings (SSSR count). The number of nitrogens with zero attached hydrogens (tertiary/aromatic N) is 1. The zero-order valence-electron chi connectivity index (χ0n) is 16.4. The quantitative estimate of drug-likeness (QED) is 0.684. The van der Waals surface area contributed by atoms with Crippen LogP contribution >= 0.6 is 11.6 Å². The van der Waals surface area contributed by atoms with E-state index in [1.807, 2.05) is 6.92 Å². The predicted octanol–water partition coefficient (Wildman–Crippen LogP) is 2.92. The second kappa shape index (κ2) is 9.76. The maximum atomic E-state index is 12.4. The molecule has 0 bridgehead atoms. The van der Waals surface area contributed by atoms with Crippen molar-refractivity contribution in [2.45, 2.75) is 18.2 Å². The lowest BCUT2D eigenvalue weighted by atomic mass is 10.2. The molecule has 0 aliphatic rings. The number of carbonyl (C=O) groups is 2. The number of halogens is 1. The third-order valence-corrected chi connectivity index (χ3v) is 6.17. The zero-order valence-corrected chi connectivity index (χ0v) is 18.0. The van der Waals surface area contributed by atoms with Gasteiger partial charge >= 0.3 is 0 Å². The van der Waals surface area contributed by atoms with Gasteiger partial charge in [0.05, 0.1) is 30.0 Å². The topological polar surface area (TPSA) is 92.8 Å². The summed E-state index contributed by atoms with van der Waals surface area (Å²) in [7, 11) is -0.674. The van der Waals surface area contributed by atoms with Crippen molar-refractivity contribution in [2.75, 3.05) is 31.8 Å². The first-order valence-electron chi connectivity index (χ1n) is 8.79. The van der Waals surface area contributed by atoms with Crippen LogP contribution in [-0.2, 0) is 19.4 Å². The van der Waals surface area contributed by atoms with E-state index in [0.29, 0.717) is 16.5 Å². The summed E-state index contributed by atoms with van der Waals surface area (Å²) in [4.78, 5) is 25.9. The number of carbonyl (C=O) groups excluding carboxylic acids is 2. The number of benzene rings is 2. The molecule has 0 saturated carbocycles. The molecule has 29 heavy (non-hydrogen) atoms. The van der Waals surface area contributed by atoms with E-state index in [2.05, 4.69) is 5.32 Å². The van der Waals surface area contributed by atoms with Crippen LogP contribution < -0.4 is 10.1 Å². The minimum absolute atomic E-state index is 0.171. The monoisotopic (exact) mass is 438 g/mol. The number of hydrogen-bond donors (Lipinski definition) is 1. The Morgan fingerprint density at radius 2 is 1.79 bits per heavy atom. The molecule has 0 aliphatic heterocycles. The molecule has 0 heterocycles. The number of anilines is 1. The number of aryl methyl sites for hydroxylation is 1. The predicted molar refractivity (Wildman–Crippen MR) is 112 cm³/mol. The number of amides is 2. The van der Waals surface area contributed by atoms with Crippen molar-refractivity contribution in [3.05, 3.63) is 53.1 Å². The first-order chi connectivity index (χ1) is 13.6. The summed E-state index contributed by atoms with van der Waals surface area (Å²) in [6, 6.07) is 11.2. The number of ether oxygens (including phenoxy) is 1. The Morgan fingerprint density at radius 3 is 2.41 bits per heavy atom. The summed E-state index contributed by atoms with van der Waals surface area (Å²) in [5.41, 5.74) is 1.33. The summed E-state index contributed by atoms with van der Waals surface area (Å²) in [6.45, 7) is 1.62. The van der Waals surface area contributed by atoms with Gasteiger partial charge in [-0.15, -0.1) is 0 Å². The normalized spacial score (nSPS) is 11.0. The fraction of sp³-hybridized carbons (Fsp3) is 0.300. The molecule has 156 valence electrons. The molecule has 0 radical (unpaired) electrons. The Bertz CT molecular complexity index is 990. The first kappa shape index (κ1) is 22.7. The van der Waals surface area contributed by atoms with Crippen LogP contribution in [0.25, 0.3) is 0 Å². The standard InChI is InChI=1S/C20H23ClN2O5S/c1-14-4-7-16(8-5-14)29(26,27)11-10-20(25)23(2)13-19(24)22-17-12-15(21)6-9-18(17)28-3/h4-9,12H,10-11,13H2,1-3H3,(H,22,24). The molecular formula is C20H23ClN2O5S. The number of nitrogens with one attached hydrogen (secondary N) is 1. The van der Waals surface area contributed by atoms with Crippen LogP contribution in [0, 0.1) is 6.92 Å². The zero-order chi connectivity index (χ0) is 21.6. The Kier molecular flexibility index (Phi) is 7.64. The lowest BCUT2D eigenvalue weighted by Gasteiger charge is -2.17. The maximum Gasteiger partial charge on any atom is 0.244 e. The van der Waals surface area contributed by atoms with Crippen molar-refractivity contribution in [3.63, 3.8) is 0 Å². The molecule has 0 spiro atoms. The molecule has 2 amide bonds. The third kappa shape index (κ3) is 6.47. The van der Waals surface area contributed by atoms with Crippen LogP contribution in [0.15, 0.2) is 47.4 Å². The summed E-state index contributed by atoms with van der Waals surface area (Å²) in [5.74, 6) is -0.805. The lowest BCUT2D eigenvalue weighted by Crippen LogP contribution is -2.35. The highest BCUT2D eigenvalue weighted by molar-refractivity contribution is 7.91. The summed E-state index contributed by atoms with van der Waals surface area (Å²) in [5, 5.41) is 3.05. The molecule has 0 aliphatic carbocycles. The minimum Gasteiger partial charge on any atom is -0.495 e. The van der Waals surface area contributed by atoms with Gasteiger partial charge in [-0.3, -0.25) is 9.59 Å². The number of hydrogen-bond acceptors (Lipinski definition) is 5. The van der Waals surface area contributed by atoms with Gasteiger partial charge in [0.1, 0.15) is 5.75 Å². The second-order valence-corrected chi connectivity index (χ2v) is 9.07. The Balaban J connectivity index is 1.92. The van der Waals surface area contributed by atoms with Gasteiger partial charge in [0, 0.05) is 18.5 Å². The second-order valence-electron chi connectivity index (χ2n) is 6.52. The number of sulfone groups is 1. The van der Waals surface area contributed by atoms with E-state index >= 15 is 0 Å². The van der Waals surface area contributed by atoms with Crippen molar-refractivity contribution >= 4 is 38.9 Å². The van der Waals surface area contributed by atoms with Crippen molar-refractivity contribution in [3.8, 4) is 5.75 Å². The molecule has 1 N–H and O–H groups in total. The highest BCUT2D eigenvalue weighted by Gasteiger charge is 2.20. The third-order valence-electron chi connectivity index (χ3n) is 4.21. The van der Waals surface area contributed by atoms with Gasteiger partial charge in [0.25, 0.3) is 0 Å². The average Bonchev–Trinajstić information content (AvgIpc) is 2.66. The van der Waals surface area contributed by atoms with E-state index in [4.69, 9.17) is 16.3 Å². The Labute approximate surface area is 175 Å². The molecule has 0 unspecified atom stereocenters. The molecule has 2 aromatic rings. The fourth-order valence-electron chi connectivity index (χ4n) is 2.55. The van der Waals surface area contributed by atoms with Crippen molar-refractivity contribution in [1.29, 1.82) is 0 Å². The largest absolute Gasteiger partial charge is 0.495 e. The van der Waals surface area contributed by atoms with Gasteiger partial charge in [-0.1, -0.05) is 29.3 Å². The average molecular weight is 439 g/mol. The Morgan fingerprint density at radius 1 is 1.14 bits per heavy atom. The minimum atomic E-state index is -3.58. The molecule has 9 heteroatoms. The van der Waals surface area contributed by atoms with Crippen LogP contribution in [0.1, 0.15) is 12.0 Å². The van der Waals surface area contributed by atoms with Gasteiger partial charge in [0.15, 0.2) is 9.84 Å². The SMILES string of the molecule is COc1ccc(Cl)cc1NC(=O)CN(C)C(=O)CCS(=O)(=O)c1ccc(C)cc1. The smallest absolute Gasteiger partial charge is 0.244 e. The van der Waals surface area contributed by atoms with Crippen molar-refractivity contribution < 1.29 is 22.7 Å². The van der Waals surface area contributed by atoms with E-state index in [9.17, 15) is 18.0 Å². The van der Waals surface area contributed by atoms with Crippen LogP contribution in [-0.4, -0.2) is 51.6 Å². The van der Waals surface area contributed by atoms with Crippen LogP contribution in [0.4, 0.5) is 5.69 Å². The summed E-state index contributed by atoms with van der Waals surface area (Å²) >= 11 is 5.93. The lowest BCUT2D eigenvalue weighted by molar-refractivity contribution is -0.132. The Hall–Kier alpha value is -2.58. The van der Waals surface area contributed by atoms with E-state index in [1.54, 1.807) is 24.3 Å². The van der Waals surface area contributed by atoms with E-state index in [1.165, 1.54) is 37.3 Å². The van der Waals surface area contributed by atoms with E-state index in [-0.39, 0.29) is 23.6 Å². The molecule has 0 aromatic heterocycles. The van der Waals surface area contributed by atoms with Crippen LogP contribution in [0.2, 0.25) is 5.02 Å². The first-order valence-corrected chi connectivity index (χ1v) is 10.8. The van der Waals surface area contributed by atoms with E-state index in [0.717, 1.165) is 5.56 Å². The number of likely N-dealkylation sites (N-methyl/N-ethyl adjacent to an activating group) is 1. The molecule has 0 fully saturated rings. The highest BCUT2D eigenvalue weighted by Crippen LogP contribution is 2.27. The summed E-state index contributed by atoms with van der Waals surface area (Å²) < 4.78 is 29.9. The maximum absolute atomic E-state index is 12.4. The number of rotatable bonds is 8. The molecular weight excluding hydrogens is 416 g/mol. The molecule has 7 nitrogen and oxygen atoms in total. The van der Waals surface area contributed by atoms with Crippen molar-refractivity contribution in [2.24, 2.45) is 0 Å². The summed E-state index contributed by atoms with van der Waals surface area (Å²) in [6.07, 6.45) is -0.222. The van der Waals surface area contributed by atoms with Gasteiger partial charge in [-0.05, 0) is 37.3 Å².